The zero-order chi connectivity index (χ0) is 7.56. The van der Waals surface area contributed by atoms with Crippen LogP contribution in [0.25, 0.3) is 0 Å². The van der Waals surface area contributed by atoms with Crippen molar-refractivity contribution >= 4 is 6.29 Å². The van der Waals surface area contributed by atoms with Crippen LogP contribution in [0.5, 0.6) is 5.88 Å². The Balaban J connectivity index is 3.16. The van der Waals surface area contributed by atoms with Crippen LogP contribution in [0.1, 0.15) is 10.4 Å². The minimum atomic E-state index is -0.885. The number of rotatable bonds is 1. The van der Waals surface area contributed by atoms with Crippen molar-refractivity contribution in [2.75, 3.05) is 0 Å². The highest BCUT2D eigenvalue weighted by atomic mass is 19.1. The van der Waals surface area contributed by atoms with E-state index in [1.807, 2.05) is 0 Å². The number of carbonyl (C=O) groups excluding carboxylic acids is 1. The molecule has 0 aliphatic rings. The van der Waals surface area contributed by atoms with Crippen LogP contribution in [0.4, 0.5) is 4.39 Å². The molecule has 1 N–H and O–H groups in total. The molecule has 1 rings (SSSR count). The topological polar surface area (TPSA) is 50.2 Å². The van der Waals surface area contributed by atoms with Gasteiger partial charge in [-0.3, -0.25) is 4.79 Å². The van der Waals surface area contributed by atoms with Crippen molar-refractivity contribution in [2.45, 2.75) is 0 Å². The lowest BCUT2D eigenvalue weighted by molar-refractivity contribution is 0.112. The van der Waals surface area contributed by atoms with Crippen LogP contribution in [0.3, 0.4) is 0 Å². The first kappa shape index (κ1) is 6.67. The molecule has 0 aromatic carbocycles. The molecule has 0 fully saturated rings. The van der Waals surface area contributed by atoms with Crippen LogP contribution in [0.15, 0.2) is 12.3 Å². The molecule has 0 aliphatic heterocycles. The summed E-state index contributed by atoms with van der Waals surface area (Å²) in [6, 6.07) is 0.912. The number of nitrogens with zero attached hydrogens (tertiary/aromatic N) is 1. The van der Waals surface area contributed by atoms with Gasteiger partial charge in [0.2, 0.25) is 5.88 Å². The quantitative estimate of drug-likeness (QED) is 0.587. The van der Waals surface area contributed by atoms with Gasteiger partial charge in [0.05, 0.1) is 0 Å². The van der Waals surface area contributed by atoms with E-state index >= 15 is 0 Å². The van der Waals surface area contributed by atoms with E-state index in [1.54, 1.807) is 0 Å². The third-order valence-corrected chi connectivity index (χ3v) is 0.979. The number of aromatic hydroxyl groups is 1. The molecule has 0 atom stereocenters. The van der Waals surface area contributed by atoms with E-state index in [0.717, 1.165) is 12.3 Å². The number of aromatic nitrogens is 1. The van der Waals surface area contributed by atoms with Crippen molar-refractivity contribution in [1.29, 1.82) is 0 Å². The van der Waals surface area contributed by atoms with Gasteiger partial charge in [0.25, 0.3) is 0 Å². The number of carbonyl (C=O) groups is 1. The Kier molecular flexibility index (Phi) is 1.62. The van der Waals surface area contributed by atoms with Crippen LogP contribution in [0, 0.1) is 5.82 Å². The molecule has 1 aromatic heterocycles. The molecule has 10 heavy (non-hydrogen) atoms. The minimum Gasteiger partial charge on any atom is -0.491 e. The Morgan fingerprint density at radius 2 is 2.40 bits per heavy atom. The lowest BCUT2D eigenvalue weighted by atomic mass is 10.3. The molecule has 0 amide bonds. The van der Waals surface area contributed by atoms with E-state index in [9.17, 15) is 9.18 Å². The van der Waals surface area contributed by atoms with Gasteiger partial charge in [0.1, 0.15) is 0 Å². The molecule has 4 heteroatoms. The maximum absolute atomic E-state index is 12.3. The second-order valence-corrected chi connectivity index (χ2v) is 1.69. The van der Waals surface area contributed by atoms with Crippen molar-refractivity contribution in [3.05, 3.63) is 23.6 Å². The summed E-state index contributed by atoms with van der Waals surface area (Å²) in [4.78, 5) is 13.2. The highest BCUT2D eigenvalue weighted by molar-refractivity contribution is 5.74. The Morgan fingerprint density at radius 3 is 2.90 bits per heavy atom. The molecule has 52 valence electrons. The summed E-state index contributed by atoms with van der Waals surface area (Å²) < 4.78 is 12.3. The first-order chi connectivity index (χ1) is 4.74. The van der Waals surface area contributed by atoms with Gasteiger partial charge in [-0.25, -0.2) is 9.37 Å². The fourth-order valence-electron chi connectivity index (χ4n) is 0.510. The van der Waals surface area contributed by atoms with Crippen molar-refractivity contribution in [2.24, 2.45) is 0 Å². The average molecular weight is 141 g/mol. The molecule has 0 bridgehead atoms. The predicted octanol–water partition coefficient (Wildman–Crippen LogP) is 0.739. The standard InChI is InChI=1S/C6H4FNO2/c7-5-1-4(3-9)2-8-6(5)10/h1-3H,(H,8,10). The van der Waals surface area contributed by atoms with E-state index in [4.69, 9.17) is 5.11 Å². The maximum atomic E-state index is 12.3. The smallest absolute Gasteiger partial charge is 0.247 e. The second-order valence-electron chi connectivity index (χ2n) is 1.69. The summed E-state index contributed by atoms with van der Waals surface area (Å²) in [7, 11) is 0. The number of hydrogen-bond donors (Lipinski definition) is 1. The average Bonchev–Trinajstić information content (AvgIpc) is 1.95. The highest BCUT2D eigenvalue weighted by Gasteiger charge is 2.00. The Morgan fingerprint density at radius 1 is 1.70 bits per heavy atom. The van der Waals surface area contributed by atoms with Crippen molar-refractivity contribution in [1.82, 2.24) is 4.98 Å². The lowest BCUT2D eigenvalue weighted by Gasteiger charge is -1.92. The fourth-order valence-corrected chi connectivity index (χ4v) is 0.510. The van der Waals surface area contributed by atoms with E-state index in [1.165, 1.54) is 0 Å². The van der Waals surface area contributed by atoms with Crippen molar-refractivity contribution in [3.63, 3.8) is 0 Å². The van der Waals surface area contributed by atoms with Crippen LogP contribution in [-0.4, -0.2) is 16.4 Å². The lowest BCUT2D eigenvalue weighted by Crippen LogP contribution is -1.85. The van der Waals surface area contributed by atoms with Crippen LogP contribution < -0.4 is 0 Å². The number of halogens is 1. The third-order valence-electron chi connectivity index (χ3n) is 0.979. The molecular weight excluding hydrogens is 137 g/mol. The Hall–Kier alpha value is -1.45. The summed E-state index contributed by atoms with van der Waals surface area (Å²) in [6.07, 6.45) is 1.54. The molecule has 0 saturated carbocycles. The van der Waals surface area contributed by atoms with Gasteiger partial charge in [-0.1, -0.05) is 0 Å². The van der Waals surface area contributed by atoms with Crippen LogP contribution in [-0.2, 0) is 0 Å². The molecule has 3 nitrogen and oxygen atoms in total. The normalized spacial score (nSPS) is 9.30. The van der Waals surface area contributed by atoms with Gasteiger partial charge < -0.3 is 5.11 Å². The molecule has 0 spiro atoms. The SMILES string of the molecule is O=Cc1cnc(O)c(F)c1. The third kappa shape index (κ3) is 1.10. The molecule has 0 radical (unpaired) electrons. The molecule has 1 aromatic rings. The highest BCUT2D eigenvalue weighted by Crippen LogP contribution is 2.10. The first-order valence-electron chi connectivity index (χ1n) is 2.53. The number of pyridine rings is 1. The van der Waals surface area contributed by atoms with E-state index < -0.39 is 11.7 Å². The van der Waals surface area contributed by atoms with Crippen molar-refractivity contribution < 1.29 is 14.3 Å². The fraction of sp³-hybridized carbons (Fsp3) is 0. The van der Waals surface area contributed by atoms with Gasteiger partial charge in [-0.2, -0.15) is 0 Å². The van der Waals surface area contributed by atoms with Crippen molar-refractivity contribution in [3.8, 4) is 5.88 Å². The zero-order valence-electron chi connectivity index (χ0n) is 4.91. The van der Waals surface area contributed by atoms with Gasteiger partial charge in [-0.15, -0.1) is 0 Å². The van der Waals surface area contributed by atoms with Crippen LogP contribution in [0.2, 0.25) is 0 Å². The largest absolute Gasteiger partial charge is 0.491 e. The summed E-state index contributed by atoms with van der Waals surface area (Å²) >= 11 is 0. The summed E-state index contributed by atoms with van der Waals surface area (Å²) in [5, 5.41) is 8.54. The van der Waals surface area contributed by atoms with E-state index in [0.29, 0.717) is 6.29 Å². The molecule has 0 aliphatic carbocycles. The number of aldehydes is 1. The maximum Gasteiger partial charge on any atom is 0.247 e. The predicted molar refractivity (Wildman–Crippen MR) is 31.2 cm³/mol. The second kappa shape index (κ2) is 2.43. The van der Waals surface area contributed by atoms with Gasteiger partial charge >= 0.3 is 0 Å². The van der Waals surface area contributed by atoms with E-state index in [2.05, 4.69) is 4.98 Å². The Labute approximate surface area is 56.1 Å². The summed E-state index contributed by atoms with van der Waals surface area (Å²) in [6.45, 7) is 0. The zero-order valence-corrected chi connectivity index (χ0v) is 4.91. The summed E-state index contributed by atoms with van der Waals surface area (Å²) in [5.41, 5.74) is 0.107. The van der Waals surface area contributed by atoms with Crippen LogP contribution >= 0.6 is 0 Å². The van der Waals surface area contributed by atoms with E-state index in [-0.39, 0.29) is 5.56 Å². The minimum absolute atomic E-state index is 0.107. The summed E-state index contributed by atoms with van der Waals surface area (Å²) in [5.74, 6) is -1.57. The van der Waals surface area contributed by atoms with Gasteiger partial charge in [0, 0.05) is 11.8 Å². The monoisotopic (exact) mass is 141 g/mol. The Bertz CT molecular complexity index is 262. The molecular formula is C6H4FNO2. The first-order valence-corrected chi connectivity index (χ1v) is 2.53. The molecule has 0 saturated heterocycles. The molecule has 0 unspecified atom stereocenters. The molecule has 1 heterocycles. The van der Waals surface area contributed by atoms with Gasteiger partial charge in [0.15, 0.2) is 12.1 Å². The number of hydrogen-bond acceptors (Lipinski definition) is 3. The van der Waals surface area contributed by atoms with Gasteiger partial charge in [-0.05, 0) is 6.07 Å².